The molecule has 3 aromatic rings. The summed E-state index contributed by atoms with van der Waals surface area (Å²) >= 11 is 0. The zero-order valence-corrected chi connectivity index (χ0v) is 21.8. The van der Waals surface area contributed by atoms with Crippen molar-refractivity contribution in [2.24, 2.45) is 11.3 Å². The van der Waals surface area contributed by atoms with Crippen LogP contribution in [0, 0.1) is 11.3 Å². The highest BCUT2D eigenvalue weighted by molar-refractivity contribution is 5.87. The summed E-state index contributed by atoms with van der Waals surface area (Å²) in [5, 5.41) is 14.7. The molecule has 0 saturated heterocycles. The molecule has 192 valence electrons. The van der Waals surface area contributed by atoms with E-state index in [1.54, 1.807) is 0 Å². The van der Waals surface area contributed by atoms with E-state index in [0.717, 1.165) is 27.6 Å². The second kappa shape index (κ2) is 12.0. The largest absolute Gasteiger partial charge is 0.493 e. The SMILES string of the molecule is CC(C)COc1ccc(CC(NC(=O)[C@@H](OCc2ccc3ccccc3c2)C(C)(C)C)C(=O)O)cc1. The van der Waals surface area contributed by atoms with Crippen LogP contribution in [0.15, 0.2) is 66.7 Å². The van der Waals surface area contributed by atoms with Crippen LogP contribution >= 0.6 is 0 Å². The average Bonchev–Trinajstić information content (AvgIpc) is 2.82. The van der Waals surface area contributed by atoms with Crippen LogP contribution in [0.4, 0.5) is 0 Å². The lowest BCUT2D eigenvalue weighted by molar-refractivity contribution is -0.148. The number of rotatable bonds is 11. The highest BCUT2D eigenvalue weighted by Gasteiger charge is 2.34. The predicted molar refractivity (Wildman–Crippen MR) is 142 cm³/mol. The molecule has 0 fully saturated rings. The molecule has 0 saturated carbocycles. The number of hydrogen-bond donors (Lipinski definition) is 2. The average molecular weight is 492 g/mol. The minimum atomic E-state index is -1.09. The van der Waals surface area contributed by atoms with E-state index in [1.807, 2.05) is 87.5 Å². The number of hydrogen-bond acceptors (Lipinski definition) is 4. The van der Waals surface area contributed by atoms with Gasteiger partial charge in [0, 0.05) is 6.42 Å². The van der Waals surface area contributed by atoms with Gasteiger partial charge in [0.2, 0.25) is 5.91 Å². The molecule has 0 aliphatic heterocycles. The molecule has 0 aliphatic rings. The van der Waals surface area contributed by atoms with Crippen molar-refractivity contribution in [1.29, 1.82) is 0 Å². The highest BCUT2D eigenvalue weighted by Crippen LogP contribution is 2.25. The van der Waals surface area contributed by atoms with Crippen LogP contribution in [0.2, 0.25) is 0 Å². The van der Waals surface area contributed by atoms with Crippen LogP contribution in [-0.2, 0) is 27.4 Å². The molecule has 36 heavy (non-hydrogen) atoms. The topological polar surface area (TPSA) is 84.9 Å². The molecule has 0 radical (unpaired) electrons. The molecule has 3 rings (SSSR count). The van der Waals surface area contributed by atoms with E-state index in [2.05, 4.69) is 19.2 Å². The van der Waals surface area contributed by atoms with E-state index in [-0.39, 0.29) is 13.0 Å². The molecule has 6 heteroatoms. The molecule has 1 unspecified atom stereocenters. The Balaban J connectivity index is 1.66. The number of carboxylic acids is 1. The first kappa shape index (κ1) is 27.2. The molecule has 2 atom stereocenters. The van der Waals surface area contributed by atoms with Gasteiger partial charge in [-0.3, -0.25) is 4.79 Å². The lowest BCUT2D eigenvalue weighted by Crippen LogP contribution is -2.51. The number of nitrogens with one attached hydrogen (secondary N) is 1. The normalized spacial score (nSPS) is 13.4. The van der Waals surface area contributed by atoms with Gasteiger partial charge in [-0.25, -0.2) is 4.79 Å². The van der Waals surface area contributed by atoms with Crippen molar-refractivity contribution in [2.45, 2.75) is 59.8 Å². The fourth-order valence-corrected chi connectivity index (χ4v) is 3.89. The maximum atomic E-state index is 13.2. The first-order valence-electron chi connectivity index (χ1n) is 12.4. The highest BCUT2D eigenvalue weighted by atomic mass is 16.5. The number of carbonyl (C=O) groups is 2. The third kappa shape index (κ3) is 7.82. The number of carbonyl (C=O) groups excluding carboxylic acids is 1. The monoisotopic (exact) mass is 491 g/mol. The number of aliphatic carboxylic acids is 1. The van der Waals surface area contributed by atoms with Gasteiger partial charge < -0.3 is 19.9 Å². The van der Waals surface area contributed by atoms with Crippen LogP contribution < -0.4 is 10.1 Å². The Morgan fingerprint density at radius 3 is 2.17 bits per heavy atom. The van der Waals surface area contributed by atoms with Gasteiger partial charge in [0.05, 0.1) is 13.2 Å². The summed E-state index contributed by atoms with van der Waals surface area (Å²) in [4.78, 5) is 25.2. The fraction of sp³-hybridized carbons (Fsp3) is 0.400. The minimum absolute atomic E-state index is 0.160. The summed E-state index contributed by atoms with van der Waals surface area (Å²) < 4.78 is 11.8. The summed E-state index contributed by atoms with van der Waals surface area (Å²) in [5.41, 5.74) is 1.22. The van der Waals surface area contributed by atoms with Crippen molar-refractivity contribution in [2.75, 3.05) is 6.61 Å². The van der Waals surface area contributed by atoms with Crippen molar-refractivity contribution >= 4 is 22.6 Å². The van der Waals surface area contributed by atoms with Crippen molar-refractivity contribution in [1.82, 2.24) is 5.32 Å². The van der Waals surface area contributed by atoms with Crippen LogP contribution in [0.5, 0.6) is 5.75 Å². The Labute approximate surface area is 213 Å². The number of carboxylic acid groups (broad SMARTS) is 1. The van der Waals surface area contributed by atoms with Crippen molar-refractivity contribution < 1.29 is 24.2 Å². The maximum absolute atomic E-state index is 13.2. The standard InChI is InChI=1S/C30H37NO5/c1-20(2)18-35-25-14-11-21(12-15-25)17-26(29(33)34)31-28(32)27(30(3,4)5)36-19-22-10-13-23-8-6-7-9-24(23)16-22/h6-16,20,26-27H,17-19H2,1-5H3,(H,31,32)(H,33,34)/t26?,27-/m1/s1. The molecule has 0 bridgehead atoms. The first-order valence-corrected chi connectivity index (χ1v) is 12.4. The second-order valence-electron chi connectivity index (χ2n) is 10.7. The lowest BCUT2D eigenvalue weighted by Gasteiger charge is -2.30. The lowest BCUT2D eigenvalue weighted by atomic mass is 9.88. The third-order valence-electron chi connectivity index (χ3n) is 5.82. The summed E-state index contributed by atoms with van der Waals surface area (Å²) in [6.45, 7) is 10.7. The van der Waals surface area contributed by atoms with Gasteiger partial charge in [0.25, 0.3) is 0 Å². The molecule has 0 aliphatic carbocycles. The van der Waals surface area contributed by atoms with Gasteiger partial charge in [0.15, 0.2) is 0 Å². The molecule has 0 aromatic heterocycles. The molecule has 2 N–H and O–H groups in total. The van der Waals surface area contributed by atoms with E-state index in [0.29, 0.717) is 12.5 Å². The maximum Gasteiger partial charge on any atom is 0.326 e. The van der Waals surface area contributed by atoms with Gasteiger partial charge in [-0.1, -0.05) is 83.1 Å². The van der Waals surface area contributed by atoms with Gasteiger partial charge in [0.1, 0.15) is 17.9 Å². The molecule has 3 aromatic carbocycles. The Morgan fingerprint density at radius 1 is 0.917 bits per heavy atom. The Bertz CT molecular complexity index is 1160. The van der Waals surface area contributed by atoms with E-state index in [4.69, 9.17) is 9.47 Å². The predicted octanol–water partition coefficient (Wildman–Crippen LogP) is 5.62. The van der Waals surface area contributed by atoms with E-state index >= 15 is 0 Å². The first-order chi connectivity index (χ1) is 17.0. The second-order valence-corrected chi connectivity index (χ2v) is 10.7. The minimum Gasteiger partial charge on any atom is -0.493 e. The van der Waals surface area contributed by atoms with E-state index < -0.39 is 29.4 Å². The summed E-state index contributed by atoms with van der Waals surface area (Å²) in [6.07, 6.45) is -0.662. The fourth-order valence-electron chi connectivity index (χ4n) is 3.89. The molecule has 0 spiro atoms. The molecule has 6 nitrogen and oxygen atoms in total. The van der Waals surface area contributed by atoms with Crippen molar-refractivity contribution in [3.63, 3.8) is 0 Å². The number of benzene rings is 3. The van der Waals surface area contributed by atoms with E-state index in [1.165, 1.54) is 0 Å². The van der Waals surface area contributed by atoms with Crippen molar-refractivity contribution in [3.8, 4) is 5.75 Å². The molecular formula is C30H37NO5. The quantitative estimate of drug-likeness (QED) is 0.364. The third-order valence-corrected chi connectivity index (χ3v) is 5.82. The van der Waals surface area contributed by atoms with Crippen LogP contribution in [0.3, 0.4) is 0 Å². The molecular weight excluding hydrogens is 454 g/mol. The van der Waals surface area contributed by atoms with Gasteiger partial charge in [-0.05, 0) is 51.4 Å². The zero-order valence-electron chi connectivity index (χ0n) is 21.8. The Morgan fingerprint density at radius 2 is 1.56 bits per heavy atom. The number of amides is 1. The summed E-state index contributed by atoms with van der Waals surface area (Å²) in [5.74, 6) is -0.382. The van der Waals surface area contributed by atoms with Crippen LogP contribution in [0.1, 0.15) is 45.7 Å². The van der Waals surface area contributed by atoms with Gasteiger partial charge in [-0.15, -0.1) is 0 Å². The Hall–Kier alpha value is -3.38. The van der Waals surface area contributed by atoms with Crippen LogP contribution in [0.25, 0.3) is 10.8 Å². The smallest absolute Gasteiger partial charge is 0.326 e. The van der Waals surface area contributed by atoms with E-state index in [9.17, 15) is 14.7 Å². The zero-order chi connectivity index (χ0) is 26.3. The molecule has 0 heterocycles. The van der Waals surface area contributed by atoms with Crippen molar-refractivity contribution in [3.05, 3.63) is 77.9 Å². The molecule has 1 amide bonds. The summed E-state index contributed by atoms with van der Waals surface area (Å²) in [6, 6.07) is 20.3. The van der Waals surface area contributed by atoms with Crippen LogP contribution in [-0.4, -0.2) is 35.7 Å². The Kier molecular flexibility index (Phi) is 9.10. The number of fused-ring (bicyclic) bond motifs is 1. The van der Waals surface area contributed by atoms with Gasteiger partial charge in [-0.2, -0.15) is 0 Å². The number of ether oxygens (including phenoxy) is 2. The summed E-state index contributed by atoms with van der Waals surface area (Å²) in [7, 11) is 0. The van der Waals surface area contributed by atoms with Gasteiger partial charge >= 0.3 is 5.97 Å².